The standard InChI is InChI=1S/C21H23N5O/c1-14-23-18-9-4-5-10-19(18)26(14)16-8-6-7-15(11-16)21(2)12-17(13-27)25(3)20(22)24-21/h4-11,13,17H,12H2,1-3H3,(H2,22,24)/t17?,21-/m0/s1. The van der Waals surface area contributed by atoms with E-state index >= 15 is 0 Å². The van der Waals surface area contributed by atoms with E-state index in [1.165, 1.54) is 0 Å². The van der Waals surface area contributed by atoms with Crippen LogP contribution in [-0.4, -0.2) is 39.8 Å². The number of nitrogens with two attached hydrogens (primary N) is 1. The Morgan fingerprint density at radius 2 is 2.00 bits per heavy atom. The summed E-state index contributed by atoms with van der Waals surface area (Å²) in [6.07, 6.45) is 1.53. The number of aldehydes is 1. The van der Waals surface area contributed by atoms with Gasteiger partial charge in [-0.15, -0.1) is 0 Å². The number of hydrogen-bond donors (Lipinski definition) is 1. The first-order valence-corrected chi connectivity index (χ1v) is 9.01. The Balaban J connectivity index is 1.84. The minimum atomic E-state index is -0.553. The fourth-order valence-corrected chi connectivity index (χ4v) is 3.87. The summed E-state index contributed by atoms with van der Waals surface area (Å²) >= 11 is 0. The average Bonchev–Trinajstić information content (AvgIpc) is 3.00. The summed E-state index contributed by atoms with van der Waals surface area (Å²) in [7, 11) is 1.80. The number of nitrogens with zero attached hydrogens (tertiary/aromatic N) is 4. The average molecular weight is 361 g/mol. The Bertz CT molecular complexity index is 1050. The summed E-state index contributed by atoms with van der Waals surface area (Å²) in [5, 5.41) is 0. The fourth-order valence-electron chi connectivity index (χ4n) is 3.87. The first kappa shape index (κ1) is 17.3. The van der Waals surface area contributed by atoms with Crippen LogP contribution in [0.3, 0.4) is 0 Å². The van der Waals surface area contributed by atoms with Gasteiger partial charge in [0.2, 0.25) is 0 Å². The van der Waals surface area contributed by atoms with Gasteiger partial charge in [-0.05, 0) is 43.7 Å². The second kappa shape index (κ2) is 6.23. The molecule has 3 aromatic rings. The quantitative estimate of drug-likeness (QED) is 0.728. The van der Waals surface area contributed by atoms with Crippen molar-refractivity contribution >= 4 is 23.3 Å². The van der Waals surface area contributed by atoms with Crippen LogP contribution in [-0.2, 0) is 10.3 Å². The molecule has 2 N–H and O–H groups in total. The van der Waals surface area contributed by atoms with Gasteiger partial charge in [-0.1, -0.05) is 24.3 Å². The molecule has 0 aliphatic carbocycles. The number of benzene rings is 2. The molecule has 1 aliphatic rings. The SMILES string of the molecule is Cc1nc2ccccc2n1-c1cccc([C@]2(C)CC(C=O)N(C)C(N)=N2)c1. The van der Waals surface area contributed by atoms with Crippen molar-refractivity contribution in [1.82, 2.24) is 14.5 Å². The van der Waals surface area contributed by atoms with E-state index in [4.69, 9.17) is 10.7 Å². The molecule has 2 heterocycles. The lowest BCUT2D eigenvalue weighted by molar-refractivity contribution is -0.111. The van der Waals surface area contributed by atoms with Crippen LogP contribution >= 0.6 is 0 Å². The lowest BCUT2D eigenvalue weighted by atomic mass is 9.84. The molecular formula is C21H23N5O. The van der Waals surface area contributed by atoms with Gasteiger partial charge in [0.15, 0.2) is 5.96 Å². The molecule has 6 heteroatoms. The van der Waals surface area contributed by atoms with Crippen LogP contribution in [0.1, 0.15) is 24.7 Å². The number of likely N-dealkylation sites (N-methyl/N-ethyl adjacent to an activating group) is 1. The van der Waals surface area contributed by atoms with Crippen LogP contribution in [0.2, 0.25) is 0 Å². The number of para-hydroxylation sites is 2. The molecule has 0 bridgehead atoms. The third-order valence-corrected chi connectivity index (χ3v) is 5.44. The molecule has 0 spiro atoms. The molecule has 1 aliphatic heterocycles. The molecule has 0 radical (unpaired) electrons. The number of carbonyl (C=O) groups is 1. The van der Waals surface area contributed by atoms with Crippen molar-refractivity contribution in [2.75, 3.05) is 7.05 Å². The van der Waals surface area contributed by atoms with Crippen LogP contribution in [0, 0.1) is 6.92 Å². The van der Waals surface area contributed by atoms with E-state index in [-0.39, 0.29) is 6.04 Å². The van der Waals surface area contributed by atoms with E-state index < -0.39 is 5.54 Å². The predicted octanol–water partition coefficient (Wildman–Crippen LogP) is 2.77. The molecule has 2 atom stereocenters. The monoisotopic (exact) mass is 361 g/mol. The van der Waals surface area contributed by atoms with E-state index in [0.717, 1.165) is 34.4 Å². The third-order valence-electron chi connectivity index (χ3n) is 5.44. The van der Waals surface area contributed by atoms with E-state index in [1.807, 2.05) is 44.2 Å². The number of aliphatic imine (C=N–C) groups is 1. The smallest absolute Gasteiger partial charge is 0.192 e. The van der Waals surface area contributed by atoms with E-state index in [2.05, 4.69) is 27.8 Å². The molecule has 0 amide bonds. The molecule has 27 heavy (non-hydrogen) atoms. The number of guanidine groups is 1. The van der Waals surface area contributed by atoms with Gasteiger partial charge in [0, 0.05) is 19.2 Å². The second-order valence-corrected chi connectivity index (χ2v) is 7.30. The lowest BCUT2D eigenvalue weighted by Gasteiger charge is -2.39. The topological polar surface area (TPSA) is 76.5 Å². The Labute approximate surface area is 158 Å². The molecule has 2 aromatic carbocycles. The van der Waals surface area contributed by atoms with Crippen LogP contribution in [0.5, 0.6) is 0 Å². The van der Waals surface area contributed by atoms with Gasteiger partial charge in [-0.2, -0.15) is 0 Å². The zero-order valence-electron chi connectivity index (χ0n) is 15.8. The Hall–Kier alpha value is -3.15. The molecule has 1 unspecified atom stereocenters. The van der Waals surface area contributed by atoms with Crippen molar-refractivity contribution in [1.29, 1.82) is 0 Å². The summed E-state index contributed by atoms with van der Waals surface area (Å²) < 4.78 is 2.14. The summed E-state index contributed by atoms with van der Waals surface area (Å²) in [6, 6.07) is 16.0. The number of rotatable bonds is 3. The van der Waals surface area contributed by atoms with E-state index in [9.17, 15) is 4.79 Å². The van der Waals surface area contributed by atoms with Crippen molar-refractivity contribution in [3.05, 3.63) is 59.9 Å². The maximum absolute atomic E-state index is 11.5. The minimum Gasteiger partial charge on any atom is -0.370 e. The predicted molar refractivity (Wildman–Crippen MR) is 107 cm³/mol. The highest BCUT2D eigenvalue weighted by molar-refractivity contribution is 5.83. The highest BCUT2D eigenvalue weighted by Crippen LogP contribution is 2.35. The maximum atomic E-state index is 11.5. The molecule has 1 aromatic heterocycles. The van der Waals surface area contributed by atoms with Crippen molar-refractivity contribution < 1.29 is 4.79 Å². The van der Waals surface area contributed by atoms with Crippen LogP contribution in [0.25, 0.3) is 16.7 Å². The fraction of sp³-hybridized carbons (Fsp3) is 0.286. The summed E-state index contributed by atoms with van der Waals surface area (Å²) in [5.41, 5.74) is 9.62. The third kappa shape index (κ3) is 2.77. The Kier molecular flexibility index (Phi) is 3.98. The number of hydrogen-bond acceptors (Lipinski definition) is 5. The van der Waals surface area contributed by atoms with Crippen LogP contribution in [0.4, 0.5) is 0 Å². The summed E-state index contributed by atoms with van der Waals surface area (Å²) in [5.74, 6) is 1.31. The molecule has 138 valence electrons. The molecule has 4 rings (SSSR count). The zero-order valence-corrected chi connectivity index (χ0v) is 15.8. The highest BCUT2D eigenvalue weighted by Gasteiger charge is 2.37. The molecule has 0 fully saturated rings. The first-order valence-electron chi connectivity index (χ1n) is 9.01. The van der Waals surface area contributed by atoms with Crippen LogP contribution < -0.4 is 5.73 Å². The number of carbonyl (C=O) groups excluding carboxylic acids is 1. The largest absolute Gasteiger partial charge is 0.370 e. The number of aromatic nitrogens is 2. The Morgan fingerprint density at radius 3 is 2.78 bits per heavy atom. The van der Waals surface area contributed by atoms with Crippen molar-refractivity contribution in [2.45, 2.75) is 31.8 Å². The van der Waals surface area contributed by atoms with Gasteiger partial charge in [0.25, 0.3) is 0 Å². The molecular weight excluding hydrogens is 338 g/mol. The summed E-state index contributed by atoms with van der Waals surface area (Å²) in [6.45, 7) is 4.03. The number of imidazole rings is 1. The minimum absolute atomic E-state index is 0.285. The van der Waals surface area contributed by atoms with Gasteiger partial charge in [-0.3, -0.25) is 4.57 Å². The van der Waals surface area contributed by atoms with Crippen LogP contribution in [0.15, 0.2) is 53.5 Å². The lowest BCUT2D eigenvalue weighted by Crippen LogP contribution is -2.50. The normalized spacial score (nSPS) is 22.7. The van der Waals surface area contributed by atoms with Gasteiger partial charge in [-0.25, -0.2) is 9.98 Å². The number of aryl methyl sites for hydroxylation is 1. The maximum Gasteiger partial charge on any atom is 0.192 e. The molecule has 0 saturated heterocycles. The number of fused-ring (bicyclic) bond motifs is 1. The van der Waals surface area contributed by atoms with Crippen molar-refractivity contribution in [3.8, 4) is 5.69 Å². The summed E-state index contributed by atoms with van der Waals surface area (Å²) in [4.78, 5) is 22.6. The van der Waals surface area contributed by atoms with Crippen molar-refractivity contribution in [2.24, 2.45) is 10.7 Å². The Morgan fingerprint density at radius 1 is 1.22 bits per heavy atom. The molecule has 6 nitrogen and oxygen atoms in total. The molecule has 0 saturated carbocycles. The van der Waals surface area contributed by atoms with Gasteiger partial charge in [0.05, 0.1) is 22.6 Å². The van der Waals surface area contributed by atoms with Gasteiger partial charge < -0.3 is 15.4 Å². The van der Waals surface area contributed by atoms with Gasteiger partial charge in [0.1, 0.15) is 12.1 Å². The second-order valence-electron chi connectivity index (χ2n) is 7.30. The van der Waals surface area contributed by atoms with Crippen molar-refractivity contribution in [3.63, 3.8) is 0 Å². The first-order chi connectivity index (χ1) is 12.9. The van der Waals surface area contributed by atoms with E-state index in [0.29, 0.717) is 12.4 Å². The van der Waals surface area contributed by atoms with E-state index in [1.54, 1.807) is 11.9 Å². The van der Waals surface area contributed by atoms with Gasteiger partial charge >= 0.3 is 0 Å². The highest BCUT2D eigenvalue weighted by atomic mass is 16.1. The zero-order chi connectivity index (χ0) is 19.2.